The molecule has 4 aromatic rings. The third kappa shape index (κ3) is 2.62. The van der Waals surface area contributed by atoms with Crippen molar-refractivity contribution in [2.45, 2.75) is 6.92 Å². The summed E-state index contributed by atoms with van der Waals surface area (Å²) in [4.78, 5) is 16.9. The van der Waals surface area contributed by atoms with Gasteiger partial charge in [-0.2, -0.15) is 5.10 Å². The summed E-state index contributed by atoms with van der Waals surface area (Å²) in [6.07, 6.45) is 4.64. The van der Waals surface area contributed by atoms with Gasteiger partial charge in [0.05, 0.1) is 35.9 Å². The molecule has 0 aliphatic heterocycles. The molecule has 0 fully saturated rings. The number of hydrogen-bond donors (Lipinski definition) is 1. The fourth-order valence-electron chi connectivity index (χ4n) is 2.61. The number of rotatable bonds is 4. The van der Waals surface area contributed by atoms with Gasteiger partial charge in [-0.15, -0.1) is 5.10 Å². The maximum absolute atomic E-state index is 12.7. The molecule has 1 N–H and O–H groups in total. The second-order valence-electron chi connectivity index (χ2n) is 5.45. The van der Waals surface area contributed by atoms with Crippen molar-refractivity contribution >= 4 is 17.2 Å². The quantitative estimate of drug-likeness (QED) is 0.590. The maximum atomic E-state index is 12.7. The summed E-state index contributed by atoms with van der Waals surface area (Å²) in [5, 5.41) is 18.0. The Hall–Kier alpha value is -3.82. The summed E-state index contributed by atoms with van der Waals surface area (Å²) in [5.41, 5.74) is 3.03. The molecular formula is C16H14N8O2. The molecule has 130 valence electrons. The average Bonchev–Trinajstić information content (AvgIpc) is 3.34. The molecule has 0 aliphatic rings. The van der Waals surface area contributed by atoms with Gasteiger partial charge in [0.2, 0.25) is 0 Å². The van der Waals surface area contributed by atoms with Crippen molar-refractivity contribution in [3.63, 3.8) is 0 Å². The van der Waals surface area contributed by atoms with Gasteiger partial charge in [-0.25, -0.2) is 14.2 Å². The molecule has 0 saturated heterocycles. The predicted octanol–water partition coefficient (Wildman–Crippen LogP) is 1.27. The Morgan fingerprint density at radius 2 is 2.15 bits per heavy atom. The zero-order valence-electron chi connectivity index (χ0n) is 14.0. The number of ether oxygens (including phenoxy) is 1. The maximum Gasteiger partial charge on any atom is 0.259 e. The minimum absolute atomic E-state index is 0.305. The lowest BCUT2D eigenvalue weighted by atomic mass is 10.2. The number of tetrazole rings is 1. The highest BCUT2D eigenvalue weighted by atomic mass is 16.5. The molecule has 1 amide bonds. The van der Waals surface area contributed by atoms with Gasteiger partial charge in [0.15, 0.2) is 5.65 Å². The predicted molar refractivity (Wildman–Crippen MR) is 91.4 cm³/mol. The molecule has 26 heavy (non-hydrogen) atoms. The smallest absolute Gasteiger partial charge is 0.259 e. The standard InChI is InChI=1S/C16H14N8O2/c1-10-12(8-17-15-5-6-19-24(10)15)16(25)20-13-4-3-11(7-14(13)26-2)23-9-18-21-22-23/h3-9H,1-2H3,(H,20,25). The van der Waals surface area contributed by atoms with Crippen LogP contribution in [-0.2, 0) is 0 Å². The van der Waals surface area contributed by atoms with Gasteiger partial charge in [-0.3, -0.25) is 4.79 Å². The van der Waals surface area contributed by atoms with Crippen LogP contribution in [0.2, 0.25) is 0 Å². The third-order valence-electron chi connectivity index (χ3n) is 3.95. The molecule has 10 heteroatoms. The minimum Gasteiger partial charge on any atom is -0.494 e. The first kappa shape index (κ1) is 15.7. The van der Waals surface area contributed by atoms with E-state index in [4.69, 9.17) is 4.74 Å². The van der Waals surface area contributed by atoms with Crippen molar-refractivity contribution in [2.24, 2.45) is 0 Å². The van der Waals surface area contributed by atoms with Crippen LogP contribution in [0.25, 0.3) is 11.3 Å². The van der Waals surface area contributed by atoms with Crippen LogP contribution in [0.5, 0.6) is 5.75 Å². The zero-order valence-corrected chi connectivity index (χ0v) is 14.0. The van der Waals surface area contributed by atoms with Crippen molar-refractivity contribution in [3.8, 4) is 11.4 Å². The number of fused-ring (bicyclic) bond motifs is 1. The molecule has 10 nitrogen and oxygen atoms in total. The fourth-order valence-corrected chi connectivity index (χ4v) is 2.61. The third-order valence-corrected chi connectivity index (χ3v) is 3.95. The number of nitrogens with one attached hydrogen (secondary N) is 1. The van der Waals surface area contributed by atoms with Crippen molar-refractivity contribution in [1.82, 2.24) is 34.8 Å². The summed E-state index contributed by atoms with van der Waals surface area (Å²) in [5.74, 6) is 0.179. The number of carbonyl (C=O) groups excluding carboxylic acids is 1. The molecule has 0 atom stereocenters. The molecule has 0 aliphatic carbocycles. The number of aromatic nitrogens is 7. The second-order valence-corrected chi connectivity index (χ2v) is 5.45. The van der Waals surface area contributed by atoms with Gasteiger partial charge < -0.3 is 10.1 Å². The highest BCUT2D eigenvalue weighted by Crippen LogP contribution is 2.27. The highest BCUT2D eigenvalue weighted by molar-refractivity contribution is 6.05. The monoisotopic (exact) mass is 350 g/mol. The first-order chi connectivity index (χ1) is 12.7. The summed E-state index contributed by atoms with van der Waals surface area (Å²) in [6, 6.07) is 7.00. The summed E-state index contributed by atoms with van der Waals surface area (Å²) in [7, 11) is 1.52. The van der Waals surface area contributed by atoms with Crippen LogP contribution < -0.4 is 10.1 Å². The van der Waals surface area contributed by atoms with Crippen molar-refractivity contribution < 1.29 is 9.53 Å². The SMILES string of the molecule is COc1cc(-n2cnnn2)ccc1NC(=O)c1cnc2ccnn2c1C. The van der Waals surface area contributed by atoms with Crippen LogP contribution >= 0.6 is 0 Å². The molecule has 1 aromatic carbocycles. The molecule has 0 bridgehead atoms. The summed E-state index contributed by atoms with van der Waals surface area (Å²) < 4.78 is 8.49. The number of amides is 1. The Morgan fingerprint density at radius 3 is 2.92 bits per heavy atom. The van der Waals surface area contributed by atoms with Crippen molar-refractivity contribution in [1.29, 1.82) is 0 Å². The normalized spacial score (nSPS) is 10.8. The Labute approximate surface area is 147 Å². The number of aryl methyl sites for hydroxylation is 1. The lowest BCUT2D eigenvalue weighted by Crippen LogP contribution is -2.16. The van der Waals surface area contributed by atoms with E-state index < -0.39 is 0 Å². The Balaban J connectivity index is 1.65. The average molecular weight is 350 g/mol. The van der Waals surface area contributed by atoms with Gasteiger partial charge in [-0.1, -0.05) is 0 Å². The molecule has 4 rings (SSSR count). The lowest BCUT2D eigenvalue weighted by Gasteiger charge is -2.13. The van der Waals surface area contributed by atoms with E-state index in [0.29, 0.717) is 34.0 Å². The molecule has 0 spiro atoms. The van der Waals surface area contributed by atoms with Crippen LogP contribution in [0, 0.1) is 6.92 Å². The van der Waals surface area contributed by atoms with Gasteiger partial charge in [-0.05, 0) is 29.5 Å². The molecule has 0 saturated carbocycles. The molecule has 3 aromatic heterocycles. The van der Waals surface area contributed by atoms with Gasteiger partial charge in [0, 0.05) is 18.3 Å². The summed E-state index contributed by atoms with van der Waals surface area (Å²) >= 11 is 0. The fraction of sp³-hybridized carbons (Fsp3) is 0.125. The number of carbonyl (C=O) groups is 1. The van der Waals surface area contributed by atoms with Crippen LogP contribution in [-0.4, -0.2) is 47.8 Å². The van der Waals surface area contributed by atoms with E-state index in [1.807, 2.05) is 6.92 Å². The molecule has 0 unspecified atom stereocenters. The molecular weight excluding hydrogens is 336 g/mol. The van der Waals surface area contributed by atoms with E-state index in [9.17, 15) is 4.79 Å². The topological polar surface area (TPSA) is 112 Å². The number of methoxy groups -OCH3 is 1. The van der Waals surface area contributed by atoms with E-state index in [1.165, 1.54) is 24.3 Å². The number of hydrogen-bond acceptors (Lipinski definition) is 7. The first-order valence-corrected chi connectivity index (χ1v) is 7.69. The van der Waals surface area contributed by atoms with E-state index in [1.54, 1.807) is 35.0 Å². The van der Waals surface area contributed by atoms with Gasteiger partial charge in [0.25, 0.3) is 5.91 Å². The zero-order chi connectivity index (χ0) is 18.1. The van der Waals surface area contributed by atoms with E-state index >= 15 is 0 Å². The molecule has 0 radical (unpaired) electrons. The number of anilines is 1. The number of benzene rings is 1. The minimum atomic E-state index is -0.305. The van der Waals surface area contributed by atoms with Crippen LogP contribution in [0.1, 0.15) is 16.1 Å². The second kappa shape index (κ2) is 6.24. The Kier molecular flexibility index (Phi) is 3.77. The first-order valence-electron chi connectivity index (χ1n) is 7.69. The van der Waals surface area contributed by atoms with Gasteiger partial charge >= 0.3 is 0 Å². The van der Waals surface area contributed by atoms with Crippen LogP contribution in [0.3, 0.4) is 0 Å². The molecule has 3 heterocycles. The van der Waals surface area contributed by atoms with Crippen molar-refractivity contribution in [2.75, 3.05) is 12.4 Å². The highest BCUT2D eigenvalue weighted by Gasteiger charge is 2.16. The summed E-state index contributed by atoms with van der Waals surface area (Å²) in [6.45, 7) is 1.81. The largest absolute Gasteiger partial charge is 0.494 e. The Morgan fingerprint density at radius 1 is 1.27 bits per heavy atom. The Bertz CT molecular complexity index is 1090. The van der Waals surface area contributed by atoms with E-state index in [0.717, 1.165) is 0 Å². The van der Waals surface area contributed by atoms with E-state index in [-0.39, 0.29) is 5.91 Å². The van der Waals surface area contributed by atoms with Crippen LogP contribution in [0.4, 0.5) is 5.69 Å². The van der Waals surface area contributed by atoms with Crippen LogP contribution in [0.15, 0.2) is 43.0 Å². The van der Waals surface area contributed by atoms with Gasteiger partial charge in [0.1, 0.15) is 12.1 Å². The lowest BCUT2D eigenvalue weighted by molar-refractivity contribution is 0.102. The number of nitrogens with zero attached hydrogens (tertiary/aromatic N) is 7. The van der Waals surface area contributed by atoms with E-state index in [2.05, 4.69) is 30.9 Å². The van der Waals surface area contributed by atoms with Crippen molar-refractivity contribution in [3.05, 3.63) is 54.2 Å².